The predicted molar refractivity (Wildman–Crippen MR) is 106 cm³/mol. The Morgan fingerprint density at radius 1 is 1.10 bits per heavy atom. The van der Waals surface area contributed by atoms with Crippen LogP contribution in [0.1, 0.15) is 12.8 Å². The zero-order valence-electron chi connectivity index (χ0n) is 15.9. The van der Waals surface area contributed by atoms with Crippen LogP contribution in [0.15, 0.2) is 36.4 Å². The van der Waals surface area contributed by atoms with Crippen LogP contribution in [0.25, 0.3) is 11.0 Å². The summed E-state index contributed by atoms with van der Waals surface area (Å²) in [6.45, 7) is 2.84. The number of hydrogen-bond donors (Lipinski definition) is 3. The molecule has 0 atom stereocenters. The first-order valence-corrected chi connectivity index (χ1v) is 9.54. The van der Waals surface area contributed by atoms with Gasteiger partial charge in [-0.3, -0.25) is 0 Å². The van der Waals surface area contributed by atoms with E-state index in [2.05, 4.69) is 41.1 Å². The Balaban J connectivity index is 1.53. The van der Waals surface area contributed by atoms with Crippen molar-refractivity contribution in [3.8, 4) is 5.75 Å². The van der Waals surface area contributed by atoms with Gasteiger partial charge in [0.25, 0.3) is 0 Å². The summed E-state index contributed by atoms with van der Waals surface area (Å²) in [7, 11) is 0. The second-order valence-electron chi connectivity index (χ2n) is 6.98. The van der Waals surface area contributed by atoms with Gasteiger partial charge in [-0.2, -0.15) is 0 Å². The van der Waals surface area contributed by atoms with Gasteiger partial charge in [-0.1, -0.05) is 6.07 Å². The maximum atomic E-state index is 12.5. The molecule has 158 valence electrons. The fourth-order valence-corrected chi connectivity index (χ4v) is 3.29. The largest absolute Gasteiger partial charge is 0.573 e. The first-order valence-electron chi connectivity index (χ1n) is 9.54. The van der Waals surface area contributed by atoms with Gasteiger partial charge in [0.1, 0.15) is 22.6 Å². The monoisotopic (exact) mass is 419 g/mol. The summed E-state index contributed by atoms with van der Waals surface area (Å²) in [5.74, 6) is 1.20. The highest BCUT2D eigenvalue weighted by atomic mass is 19.4. The number of pyridine rings is 1. The number of piperidine rings is 1. The molecule has 1 aromatic carbocycles. The molecule has 2 aromatic heterocycles. The lowest BCUT2D eigenvalue weighted by Crippen LogP contribution is -2.31. The number of aromatic nitrogens is 4. The summed E-state index contributed by atoms with van der Waals surface area (Å²) in [6, 6.07) is 9.07. The Bertz CT molecular complexity index is 1010. The number of anilines is 3. The van der Waals surface area contributed by atoms with E-state index < -0.39 is 6.36 Å². The van der Waals surface area contributed by atoms with Gasteiger partial charge in [0, 0.05) is 18.3 Å². The van der Waals surface area contributed by atoms with Crippen LogP contribution in [-0.4, -0.2) is 46.4 Å². The molecule has 30 heavy (non-hydrogen) atoms. The Labute approximate surface area is 170 Å². The molecule has 11 heteroatoms. The molecule has 3 aromatic rings. The van der Waals surface area contributed by atoms with E-state index in [0.717, 1.165) is 32.5 Å². The third-order valence-corrected chi connectivity index (χ3v) is 4.76. The highest BCUT2D eigenvalue weighted by Crippen LogP contribution is 2.28. The third-order valence-electron chi connectivity index (χ3n) is 4.76. The number of halogens is 3. The molecule has 0 bridgehead atoms. The van der Waals surface area contributed by atoms with Gasteiger partial charge in [0.2, 0.25) is 0 Å². The molecule has 1 aliphatic heterocycles. The Kier molecular flexibility index (Phi) is 5.79. The average Bonchev–Trinajstić information content (AvgIpc) is 2.72. The number of ether oxygens (including phenoxy) is 1. The highest BCUT2D eigenvalue weighted by molar-refractivity contribution is 5.87. The van der Waals surface area contributed by atoms with E-state index in [1.807, 2.05) is 6.07 Å². The van der Waals surface area contributed by atoms with E-state index in [1.54, 1.807) is 12.1 Å². The number of hydrogen-bond acceptors (Lipinski definition) is 8. The van der Waals surface area contributed by atoms with Crippen LogP contribution in [0.4, 0.5) is 30.5 Å². The summed E-state index contributed by atoms with van der Waals surface area (Å²) in [5.41, 5.74) is 1.33. The van der Waals surface area contributed by atoms with Gasteiger partial charge in [0.05, 0.1) is 0 Å². The molecule has 0 radical (unpaired) electrons. The molecule has 0 aliphatic carbocycles. The standard InChI is InChI=1S/C19H20F3N7O/c20-19(21,22)30-14-3-1-2-13(10-14)25-18-17-15(27-29-28-18)4-5-16(26-17)24-11-12-6-8-23-9-7-12/h1-5,10,12,23H,6-9,11H2,(H,24,26)(H,25,27,28). The molecule has 1 aliphatic rings. The molecule has 3 N–H and O–H groups in total. The number of benzene rings is 1. The van der Waals surface area contributed by atoms with Crippen LogP contribution < -0.4 is 20.7 Å². The van der Waals surface area contributed by atoms with Crippen LogP contribution in [0.2, 0.25) is 0 Å². The SMILES string of the molecule is FC(F)(F)Oc1cccc(Nc2nnnc3ccc(NCC4CCNCC4)nc23)c1. The van der Waals surface area contributed by atoms with E-state index in [0.29, 0.717) is 28.5 Å². The molecule has 0 amide bonds. The van der Waals surface area contributed by atoms with Crippen molar-refractivity contribution in [2.75, 3.05) is 30.3 Å². The molecule has 4 rings (SSSR count). The molecule has 8 nitrogen and oxygen atoms in total. The number of nitrogens with zero attached hydrogens (tertiary/aromatic N) is 4. The van der Waals surface area contributed by atoms with Gasteiger partial charge >= 0.3 is 6.36 Å². The van der Waals surface area contributed by atoms with E-state index in [4.69, 9.17) is 0 Å². The van der Waals surface area contributed by atoms with Crippen molar-refractivity contribution in [2.24, 2.45) is 5.92 Å². The summed E-state index contributed by atoms with van der Waals surface area (Å²) in [5, 5.41) is 21.3. The first kappa shape index (κ1) is 20.1. The lowest BCUT2D eigenvalue weighted by Gasteiger charge is -2.23. The van der Waals surface area contributed by atoms with Crippen molar-refractivity contribution in [3.63, 3.8) is 0 Å². The lowest BCUT2D eigenvalue weighted by molar-refractivity contribution is -0.274. The average molecular weight is 419 g/mol. The van der Waals surface area contributed by atoms with Gasteiger partial charge < -0.3 is 20.7 Å². The quantitative estimate of drug-likeness (QED) is 0.559. The van der Waals surface area contributed by atoms with Gasteiger partial charge in [0.15, 0.2) is 5.82 Å². The second-order valence-corrected chi connectivity index (χ2v) is 6.98. The van der Waals surface area contributed by atoms with Crippen molar-refractivity contribution in [3.05, 3.63) is 36.4 Å². The second kappa shape index (κ2) is 8.66. The number of fused-ring (bicyclic) bond motifs is 1. The third kappa shape index (κ3) is 5.23. The maximum absolute atomic E-state index is 12.5. The Hall–Kier alpha value is -3.21. The van der Waals surface area contributed by atoms with Crippen molar-refractivity contribution < 1.29 is 17.9 Å². The van der Waals surface area contributed by atoms with Crippen molar-refractivity contribution >= 4 is 28.4 Å². The van der Waals surface area contributed by atoms with E-state index in [1.165, 1.54) is 18.2 Å². The van der Waals surface area contributed by atoms with Crippen LogP contribution in [0, 0.1) is 5.92 Å². The number of nitrogens with one attached hydrogen (secondary N) is 3. The van der Waals surface area contributed by atoms with Gasteiger partial charge in [-0.15, -0.1) is 23.4 Å². The fraction of sp³-hybridized carbons (Fsp3) is 0.368. The molecule has 1 fully saturated rings. The van der Waals surface area contributed by atoms with Crippen molar-refractivity contribution in [2.45, 2.75) is 19.2 Å². The van der Waals surface area contributed by atoms with Crippen LogP contribution in [0.5, 0.6) is 5.75 Å². The minimum atomic E-state index is -4.77. The van der Waals surface area contributed by atoms with Crippen molar-refractivity contribution in [1.29, 1.82) is 0 Å². The molecular formula is C19H20F3N7O. The molecule has 0 unspecified atom stereocenters. The van der Waals surface area contributed by atoms with E-state index in [-0.39, 0.29) is 11.6 Å². The minimum Gasteiger partial charge on any atom is -0.406 e. The summed E-state index contributed by atoms with van der Waals surface area (Å²) in [6.07, 6.45) is -2.55. The molecule has 1 saturated heterocycles. The zero-order valence-corrected chi connectivity index (χ0v) is 15.9. The van der Waals surface area contributed by atoms with Crippen LogP contribution >= 0.6 is 0 Å². The van der Waals surface area contributed by atoms with E-state index >= 15 is 0 Å². The molecular weight excluding hydrogens is 399 g/mol. The Morgan fingerprint density at radius 2 is 1.93 bits per heavy atom. The topological polar surface area (TPSA) is 96.9 Å². The predicted octanol–water partition coefficient (Wildman–Crippen LogP) is 3.47. The maximum Gasteiger partial charge on any atom is 0.573 e. The first-order chi connectivity index (χ1) is 14.5. The minimum absolute atomic E-state index is 0.287. The normalized spacial score (nSPS) is 15.2. The number of alkyl halides is 3. The molecule has 0 saturated carbocycles. The van der Waals surface area contributed by atoms with E-state index in [9.17, 15) is 13.2 Å². The molecule has 0 spiro atoms. The summed E-state index contributed by atoms with van der Waals surface area (Å²) >= 11 is 0. The summed E-state index contributed by atoms with van der Waals surface area (Å²) in [4.78, 5) is 4.57. The van der Waals surface area contributed by atoms with Gasteiger partial charge in [-0.25, -0.2) is 4.98 Å². The Morgan fingerprint density at radius 3 is 2.73 bits per heavy atom. The fourth-order valence-electron chi connectivity index (χ4n) is 3.29. The van der Waals surface area contributed by atoms with Crippen molar-refractivity contribution in [1.82, 2.24) is 25.7 Å². The van der Waals surface area contributed by atoms with Crippen LogP contribution in [-0.2, 0) is 0 Å². The molecule has 3 heterocycles. The summed E-state index contributed by atoms with van der Waals surface area (Å²) < 4.78 is 41.4. The zero-order chi connectivity index (χ0) is 21.0. The number of rotatable bonds is 6. The van der Waals surface area contributed by atoms with Crippen LogP contribution in [0.3, 0.4) is 0 Å². The van der Waals surface area contributed by atoms with Gasteiger partial charge in [-0.05, 0) is 61.3 Å². The smallest absolute Gasteiger partial charge is 0.406 e. The highest BCUT2D eigenvalue weighted by Gasteiger charge is 2.31. The lowest BCUT2D eigenvalue weighted by atomic mass is 9.98.